The molecule has 5 rings (SSSR count). The van der Waals surface area contributed by atoms with Crippen molar-refractivity contribution in [1.82, 2.24) is 14.5 Å². The average Bonchev–Trinajstić information content (AvgIpc) is 2.77. The number of benzene rings is 1. The van der Waals surface area contributed by atoms with Crippen molar-refractivity contribution in [3.8, 4) is 34.5 Å². The van der Waals surface area contributed by atoms with Gasteiger partial charge in [0.1, 0.15) is 19.0 Å². The Morgan fingerprint density at radius 1 is 1.28 bits per heavy atom. The van der Waals surface area contributed by atoms with Gasteiger partial charge < -0.3 is 18.9 Å². The van der Waals surface area contributed by atoms with Crippen molar-refractivity contribution >= 4 is 0 Å². The Kier molecular flexibility index (Phi) is 4.31. The summed E-state index contributed by atoms with van der Waals surface area (Å²) in [7, 11) is 1.64. The zero-order valence-electron chi connectivity index (χ0n) is 15.8. The quantitative estimate of drug-likeness (QED) is 0.671. The first kappa shape index (κ1) is 17.5. The summed E-state index contributed by atoms with van der Waals surface area (Å²) in [5.74, 6) is 2.12. The van der Waals surface area contributed by atoms with E-state index in [4.69, 9.17) is 18.9 Å². The minimum atomic E-state index is -0.325. The van der Waals surface area contributed by atoms with Crippen LogP contribution in [0.2, 0.25) is 0 Å². The molecule has 1 unspecified atom stereocenters. The Morgan fingerprint density at radius 2 is 2.21 bits per heavy atom. The Balaban J connectivity index is 1.37. The van der Waals surface area contributed by atoms with Gasteiger partial charge in [-0.05, 0) is 42.3 Å². The van der Waals surface area contributed by atoms with Crippen LogP contribution in [0.4, 0.5) is 0 Å². The molecule has 8 heteroatoms. The smallest absolute Gasteiger partial charge is 0.351 e. The second-order valence-corrected chi connectivity index (χ2v) is 6.86. The van der Waals surface area contributed by atoms with E-state index >= 15 is 0 Å². The summed E-state index contributed by atoms with van der Waals surface area (Å²) in [4.78, 5) is 20.7. The van der Waals surface area contributed by atoms with Gasteiger partial charge in [0.15, 0.2) is 11.9 Å². The Morgan fingerprint density at radius 3 is 3.10 bits per heavy atom. The lowest BCUT2D eigenvalue weighted by molar-refractivity contribution is 0.0486. The number of ether oxygens (including phenoxy) is 4. The molecule has 148 valence electrons. The van der Waals surface area contributed by atoms with Gasteiger partial charge in [-0.3, -0.25) is 4.57 Å². The number of fused-ring (bicyclic) bond motifs is 4. The molecule has 2 aliphatic rings. The molecule has 0 saturated heterocycles. The summed E-state index contributed by atoms with van der Waals surface area (Å²) in [6, 6.07) is 11.2. The van der Waals surface area contributed by atoms with Gasteiger partial charge in [0, 0.05) is 24.4 Å². The van der Waals surface area contributed by atoms with Gasteiger partial charge in [-0.25, -0.2) is 9.78 Å². The van der Waals surface area contributed by atoms with Crippen molar-refractivity contribution in [2.24, 2.45) is 0 Å². The fourth-order valence-corrected chi connectivity index (χ4v) is 3.60. The Labute approximate surface area is 166 Å². The van der Waals surface area contributed by atoms with Gasteiger partial charge in [-0.2, -0.15) is 4.98 Å². The summed E-state index contributed by atoms with van der Waals surface area (Å²) in [6.45, 7) is 1.10. The molecule has 0 bridgehead atoms. The molecule has 0 fully saturated rings. The Hall–Kier alpha value is -3.55. The molecule has 4 heterocycles. The van der Waals surface area contributed by atoms with Crippen molar-refractivity contribution in [2.45, 2.75) is 19.1 Å². The predicted molar refractivity (Wildman–Crippen MR) is 104 cm³/mol. The molecule has 0 spiro atoms. The lowest BCUT2D eigenvalue weighted by Crippen LogP contribution is -2.35. The van der Waals surface area contributed by atoms with Crippen LogP contribution in [0.1, 0.15) is 5.56 Å². The monoisotopic (exact) mass is 393 g/mol. The van der Waals surface area contributed by atoms with Gasteiger partial charge in [0.05, 0.1) is 12.8 Å². The van der Waals surface area contributed by atoms with Crippen LogP contribution in [0.5, 0.6) is 23.3 Å². The first-order chi connectivity index (χ1) is 14.2. The number of methoxy groups -OCH3 is 1. The molecule has 8 nitrogen and oxygen atoms in total. The highest BCUT2D eigenvalue weighted by molar-refractivity contribution is 5.67. The minimum absolute atomic E-state index is 0.208. The normalized spacial score (nSPS) is 16.5. The zero-order chi connectivity index (χ0) is 19.8. The summed E-state index contributed by atoms with van der Waals surface area (Å²) in [5, 5.41) is 0. The van der Waals surface area contributed by atoms with Gasteiger partial charge in [0.25, 0.3) is 5.88 Å². The maximum absolute atomic E-state index is 12.5. The molecule has 0 amide bonds. The van der Waals surface area contributed by atoms with Gasteiger partial charge in [0.2, 0.25) is 5.88 Å². The molecule has 2 aliphatic heterocycles. The van der Waals surface area contributed by atoms with Crippen LogP contribution in [0, 0.1) is 0 Å². The lowest BCUT2D eigenvalue weighted by Gasteiger charge is -2.25. The molecule has 0 N–H and O–H groups in total. The second-order valence-electron chi connectivity index (χ2n) is 6.86. The molecule has 0 aliphatic carbocycles. The van der Waals surface area contributed by atoms with E-state index in [9.17, 15) is 4.79 Å². The van der Waals surface area contributed by atoms with Crippen molar-refractivity contribution in [1.29, 1.82) is 0 Å². The van der Waals surface area contributed by atoms with E-state index in [1.165, 1.54) is 0 Å². The van der Waals surface area contributed by atoms with E-state index in [1.54, 1.807) is 36.1 Å². The van der Waals surface area contributed by atoms with Crippen molar-refractivity contribution in [3.63, 3.8) is 0 Å². The van der Waals surface area contributed by atoms with Crippen LogP contribution in [-0.2, 0) is 13.0 Å². The summed E-state index contributed by atoms with van der Waals surface area (Å²) in [5.41, 5.74) is 2.58. The average molecular weight is 393 g/mol. The number of hydrogen-bond acceptors (Lipinski definition) is 7. The SMILES string of the molecule is COc1ccc2c(c1)CCn1c-2cc(OCC2COc3ncccc3O2)nc1=O. The maximum Gasteiger partial charge on any atom is 0.351 e. The van der Waals surface area contributed by atoms with Crippen LogP contribution in [0.3, 0.4) is 0 Å². The van der Waals surface area contributed by atoms with Crippen LogP contribution in [-0.4, -0.2) is 41.0 Å². The molecule has 0 saturated carbocycles. The number of aromatic nitrogens is 3. The third kappa shape index (κ3) is 3.26. The topological polar surface area (TPSA) is 84.7 Å². The van der Waals surface area contributed by atoms with Crippen LogP contribution in [0.25, 0.3) is 11.3 Å². The lowest BCUT2D eigenvalue weighted by atomic mass is 9.97. The molecule has 2 aromatic heterocycles. The zero-order valence-corrected chi connectivity index (χ0v) is 15.8. The Bertz CT molecular complexity index is 1130. The fourth-order valence-electron chi connectivity index (χ4n) is 3.60. The number of aryl methyl sites for hydroxylation is 1. The summed E-state index contributed by atoms with van der Waals surface area (Å²) in [6.07, 6.45) is 2.09. The van der Waals surface area contributed by atoms with Crippen molar-refractivity contribution < 1.29 is 18.9 Å². The van der Waals surface area contributed by atoms with Gasteiger partial charge >= 0.3 is 5.69 Å². The summed E-state index contributed by atoms with van der Waals surface area (Å²) < 4.78 is 24.2. The first-order valence-corrected chi connectivity index (χ1v) is 9.38. The number of pyridine rings is 1. The van der Waals surface area contributed by atoms with E-state index in [0.29, 0.717) is 24.8 Å². The minimum Gasteiger partial charge on any atom is -0.497 e. The van der Waals surface area contributed by atoms with Gasteiger partial charge in [-0.1, -0.05) is 0 Å². The first-order valence-electron chi connectivity index (χ1n) is 9.38. The second kappa shape index (κ2) is 7.12. The molecule has 1 atom stereocenters. The van der Waals surface area contributed by atoms with E-state index in [1.807, 2.05) is 18.2 Å². The van der Waals surface area contributed by atoms with Crippen LogP contribution >= 0.6 is 0 Å². The van der Waals surface area contributed by atoms with Crippen LogP contribution < -0.4 is 24.6 Å². The van der Waals surface area contributed by atoms with E-state index in [0.717, 1.165) is 29.0 Å². The number of rotatable bonds is 4. The molecule has 0 radical (unpaired) electrons. The largest absolute Gasteiger partial charge is 0.497 e. The molecule has 1 aromatic carbocycles. The summed E-state index contributed by atoms with van der Waals surface area (Å²) >= 11 is 0. The van der Waals surface area contributed by atoms with Crippen LogP contribution in [0.15, 0.2) is 47.4 Å². The molecular formula is C21H19N3O5. The van der Waals surface area contributed by atoms with E-state index in [-0.39, 0.29) is 24.3 Å². The molecule has 29 heavy (non-hydrogen) atoms. The van der Waals surface area contributed by atoms with Gasteiger partial charge in [-0.15, -0.1) is 0 Å². The molecule has 3 aromatic rings. The third-order valence-electron chi connectivity index (χ3n) is 5.03. The maximum atomic E-state index is 12.5. The highest BCUT2D eigenvalue weighted by Gasteiger charge is 2.24. The highest BCUT2D eigenvalue weighted by atomic mass is 16.6. The number of hydrogen-bond donors (Lipinski definition) is 0. The molecular weight excluding hydrogens is 374 g/mol. The van der Waals surface area contributed by atoms with Crippen molar-refractivity contribution in [2.75, 3.05) is 20.3 Å². The number of nitrogens with zero attached hydrogens (tertiary/aromatic N) is 3. The predicted octanol–water partition coefficient (Wildman–Crippen LogP) is 2.09. The van der Waals surface area contributed by atoms with E-state index in [2.05, 4.69) is 9.97 Å². The van der Waals surface area contributed by atoms with E-state index < -0.39 is 0 Å². The highest BCUT2D eigenvalue weighted by Crippen LogP contribution is 2.32. The third-order valence-corrected chi connectivity index (χ3v) is 5.03. The van der Waals surface area contributed by atoms with Crippen molar-refractivity contribution in [3.05, 3.63) is 58.6 Å². The standard InChI is InChI=1S/C21H19N3O5/c1-26-14-4-5-16-13(9-14)6-8-24-17(16)10-19(23-21(24)25)27-11-15-12-28-20-18(29-15)3-2-7-22-20/h2-5,7,9-10,15H,6,8,11-12H2,1H3. The fraction of sp³-hybridized carbons (Fsp3) is 0.286.